The first-order chi connectivity index (χ1) is 9.97. The summed E-state index contributed by atoms with van der Waals surface area (Å²) in [7, 11) is -1.88. The highest BCUT2D eigenvalue weighted by Crippen LogP contribution is 2.18. The number of nitrogens with zero attached hydrogens (tertiary/aromatic N) is 3. The highest BCUT2D eigenvalue weighted by atomic mass is 32.2. The first-order valence-corrected chi connectivity index (χ1v) is 8.63. The van der Waals surface area contributed by atoms with E-state index in [1.54, 1.807) is 19.4 Å². The molecule has 118 valence electrons. The number of hydrogen-bond acceptors (Lipinski definition) is 5. The van der Waals surface area contributed by atoms with Crippen molar-refractivity contribution in [2.24, 2.45) is 0 Å². The summed E-state index contributed by atoms with van der Waals surface area (Å²) < 4.78 is 28.0. The minimum atomic E-state index is -3.47. The molecule has 0 amide bonds. The van der Waals surface area contributed by atoms with Crippen LogP contribution in [0, 0.1) is 6.92 Å². The Labute approximate surface area is 126 Å². The van der Waals surface area contributed by atoms with Gasteiger partial charge in [-0.3, -0.25) is 9.97 Å². The maximum absolute atomic E-state index is 12.1. The summed E-state index contributed by atoms with van der Waals surface area (Å²) in [4.78, 5) is 8.21. The minimum absolute atomic E-state index is 0.153. The summed E-state index contributed by atoms with van der Waals surface area (Å²) in [6, 6.07) is 0.658. The number of aryl methyl sites for hydroxylation is 1. The van der Waals surface area contributed by atoms with Crippen molar-refractivity contribution in [2.45, 2.75) is 38.8 Å². The monoisotopic (exact) mass is 313 g/mol. The molecule has 0 unspecified atom stereocenters. The molecule has 2 N–H and O–H groups in total. The van der Waals surface area contributed by atoms with Crippen LogP contribution in [0.5, 0.6) is 0 Å². The van der Waals surface area contributed by atoms with Crippen molar-refractivity contribution in [3.63, 3.8) is 0 Å². The maximum atomic E-state index is 12.1. The SMILES string of the molecule is Cc1cnc(CNS(=O)(=O)N(C)CCCNC2CC2)cn1. The Morgan fingerprint density at radius 2 is 2.10 bits per heavy atom. The Morgan fingerprint density at radius 3 is 2.71 bits per heavy atom. The summed E-state index contributed by atoms with van der Waals surface area (Å²) in [6.45, 7) is 3.34. The fraction of sp³-hybridized carbons (Fsp3) is 0.692. The first-order valence-electron chi connectivity index (χ1n) is 7.19. The van der Waals surface area contributed by atoms with Crippen LogP contribution in [0.4, 0.5) is 0 Å². The van der Waals surface area contributed by atoms with Crippen molar-refractivity contribution in [3.05, 3.63) is 23.8 Å². The normalized spacial score (nSPS) is 15.6. The topological polar surface area (TPSA) is 87.2 Å². The molecule has 1 heterocycles. The lowest BCUT2D eigenvalue weighted by Crippen LogP contribution is -2.39. The smallest absolute Gasteiger partial charge is 0.279 e. The average molecular weight is 313 g/mol. The fourth-order valence-electron chi connectivity index (χ4n) is 1.80. The second kappa shape index (κ2) is 7.26. The highest BCUT2D eigenvalue weighted by Gasteiger charge is 2.20. The second-order valence-corrected chi connectivity index (χ2v) is 7.24. The molecule has 1 aliphatic rings. The van der Waals surface area contributed by atoms with E-state index in [-0.39, 0.29) is 6.54 Å². The van der Waals surface area contributed by atoms with Crippen LogP contribution in [-0.2, 0) is 16.8 Å². The lowest BCUT2D eigenvalue weighted by Gasteiger charge is -2.17. The second-order valence-electron chi connectivity index (χ2n) is 5.38. The zero-order valence-electron chi connectivity index (χ0n) is 12.5. The van der Waals surface area contributed by atoms with Gasteiger partial charge in [-0.25, -0.2) is 0 Å². The van der Waals surface area contributed by atoms with Gasteiger partial charge < -0.3 is 5.32 Å². The zero-order chi connectivity index (χ0) is 15.3. The molecule has 0 bridgehead atoms. The van der Waals surface area contributed by atoms with E-state index in [0.717, 1.165) is 18.7 Å². The summed E-state index contributed by atoms with van der Waals surface area (Å²) in [5.41, 5.74) is 1.41. The Kier molecular flexibility index (Phi) is 5.63. The Bertz CT molecular complexity index is 542. The van der Waals surface area contributed by atoms with Crippen molar-refractivity contribution < 1.29 is 8.42 Å². The van der Waals surface area contributed by atoms with Crippen LogP contribution in [0.25, 0.3) is 0 Å². The summed E-state index contributed by atoms with van der Waals surface area (Å²) in [6.07, 6.45) is 6.49. The predicted molar refractivity (Wildman–Crippen MR) is 80.8 cm³/mol. The third-order valence-electron chi connectivity index (χ3n) is 3.34. The largest absolute Gasteiger partial charge is 0.314 e. The highest BCUT2D eigenvalue weighted by molar-refractivity contribution is 7.87. The van der Waals surface area contributed by atoms with Gasteiger partial charge in [0.15, 0.2) is 0 Å². The van der Waals surface area contributed by atoms with Gasteiger partial charge in [0.1, 0.15) is 0 Å². The summed E-state index contributed by atoms with van der Waals surface area (Å²) in [5.74, 6) is 0. The van der Waals surface area contributed by atoms with Gasteiger partial charge in [0.05, 0.1) is 24.1 Å². The Balaban J connectivity index is 1.72. The third-order valence-corrected chi connectivity index (χ3v) is 4.85. The molecular weight excluding hydrogens is 290 g/mol. The van der Waals surface area contributed by atoms with E-state index in [2.05, 4.69) is 20.0 Å². The maximum Gasteiger partial charge on any atom is 0.279 e. The number of nitrogens with one attached hydrogen (secondary N) is 2. The van der Waals surface area contributed by atoms with E-state index in [1.807, 2.05) is 6.92 Å². The van der Waals surface area contributed by atoms with E-state index in [4.69, 9.17) is 0 Å². The van der Waals surface area contributed by atoms with E-state index < -0.39 is 10.2 Å². The molecule has 1 aromatic rings. The molecule has 7 nitrogen and oxygen atoms in total. The quantitative estimate of drug-likeness (QED) is 0.636. The Hall–Kier alpha value is -1.09. The van der Waals surface area contributed by atoms with Gasteiger partial charge >= 0.3 is 0 Å². The summed E-state index contributed by atoms with van der Waals surface area (Å²) in [5, 5.41) is 3.37. The lowest BCUT2D eigenvalue weighted by molar-refractivity contribution is 0.443. The molecule has 0 saturated heterocycles. The van der Waals surface area contributed by atoms with Gasteiger partial charge in [0.2, 0.25) is 0 Å². The predicted octanol–water partition coefficient (Wildman–Crippen LogP) is 0.193. The average Bonchev–Trinajstić information content (AvgIpc) is 3.27. The van der Waals surface area contributed by atoms with Crippen molar-refractivity contribution in [3.8, 4) is 0 Å². The van der Waals surface area contributed by atoms with Crippen molar-refractivity contribution in [2.75, 3.05) is 20.1 Å². The molecule has 1 fully saturated rings. The van der Waals surface area contributed by atoms with E-state index in [0.29, 0.717) is 18.3 Å². The first kappa shape index (κ1) is 16.3. The van der Waals surface area contributed by atoms with Crippen molar-refractivity contribution in [1.29, 1.82) is 0 Å². The van der Waals surface area contributed by atoms with Gasteiger partial charge in [-0.05, 0) is 32.7 Å². The minimum Gasteiger partial charge on any atom is -0.314 e. The molecular formula is C13H23N5O2S. The molecule has 2 rings (SSSR count). The lowest BCUT2D eigenvalue weighted by atomic mass is 10.4. The zero-order valence-corrected chi connectivity index (χ0v) is 13.4. The van der Waals surface area contributed by atoms with Crippen LogP contribution in [-0.4, -0.2) is 48.9 Å². The molecule has 8 heteroatoms. The van der Waals surface area contributed by atoms with Crippen LogP contribution >= 0.6 is 0 Å². The van der Waals surface area contributed by atoms with Crippen molar-refractivity contribution in [1.82, 2.24) is 24.3 Å². The molecule has 0 aromatic carbocycles. The molecule has 0 radical (unpaired) electrons. The molecule has 0 spiro atoms. The third kappa shape index (κ3) is 5.66. The molecule has 0 aliphatic heterocycles. The van der Waals surface area contributed by atoms with E-state index in [9.17, 15) is 8.42 Å². The van der Waals surface area contributed by atoms with Crippen molar-refractivity contribution >= 4 is 10.2 Å². The van der Waals surface area contributed by atoms with Gasteiger partial charge in [0, 0.05) is 25.8 Å². The van der Waals surface area contributed by atoms with Crippen LogP contribution in [0.1, 0.15) is 30.7 Å². The van der Waals surface area contributed by atoms with Crippen LogP contribution in [0.2, 0.25) is 0 Å². The Morgan fingerprint density at radius 1 is 1.33 bits per heavy atom. The molecule has 1 saturated carbocycles. The molecule has 1 aromatic heterocycles. The molecule has 0 atom stereocenters. The van der Waals surface area contributed by atoms with Gasteiger partial charge in [-0.2, -0.15) is 17.4 Å². The number of aromatic nitrogens is 2. The number of hydrogen-bond donors (Lipinski definition) is 2. The van der Waals surface area contributed by atoms with Crippen LogP contribution < -0.4 is 10.0 Å². The van der Waals surface area contributed by atoms with E-state index in [1.165, 1.54) is 17.1 Å². The van der Waals surface area contributed by atoms with E-state index >= 15 is 0 Å². The van der Waals surface area contributed by atoms with Gasteiger partial charge in [-0.1, -0.05) is 0 Å². The van der Waals surface area contributed by atoms with Gasteiger partial charge in [0.25, 0.3) is 10.2 Å². The summed E-state index contributed by atoms with van der Waals surface area (Å²) >= 11 is 0. The molecule has 1 aliphatic carbocycles. The van der Waals surface area contributed by atoms with Crippen LogP contribution in [0.15, 0.2) is 12.4 Å². The number of rotatable bonds is 9. The fourth-order valence-corrected chi connectivity index (χ4v) is 2.72. The van der Waals surface area contributed by atoms with Crippen LogP contribution in [0.3, 0.4) is 0 Å². The van der Waals surface area contributed by atoms with Gasteiger partial charge in [-0.15, -0.1) is 0 Å². The molecule has 21 heavy (non-hydrogen) atoms. The standard InChI is InChI=1S/C13H23N5O2S/c1-11-8-16-13(9-15-11)10-17-21(19,20)18(2)7-3-6-14-12-4-5-12/h8-9,12,14,17H,3-7,10H2,1-2H3.